The SMILES string of the molecule is CCc1nc(-c2ccc(N3CCN(C(=O)Cc4cccs4)CC3)nc2)no1. The number of carbonyl (C=O) groups is 1. The van der Waals surface area contributed by atoms with Crippen LogP contribution in [-0.4, -0.2) is 52.1 Å². The van der Waals surface area contributed by atoms with Crippen molar-refractivity contribution in [2.45, 2.75) is 19.8 Å². The quantitative estimate of drug-likeness (QED) is 0.674. The van der Waals surface area contributed by atoms with Crippen molar-refractivity contribution in [3.05, 3.63) is 46.6 Å². The molecule has 7 nitrogen and oxygen atoms in total. The van der Waals surface area contributed by atoms with Crippen LogP contribution in [0.1, 0.15) is 17.7 Å². The molecule has 0 aromatic carbocycles. The zero-order valence-electron chi connectivity index (χ0n) is 15.2. The van der Waals surface area contributed by atoms with Gasteiger partial charge in [-0.1, -0.05) is 18.1 Å². The minimum atomic E-state index is 0.198. The Morgan fingerprint density at radius 3 is 2.70 bits per heavy atom. The van der Waals surface area contributed by atoms with E-state index in [1.54, 1.807) is 17.5 Å². The number of thiophene rings is 1. The molecule has 0 aliphatic carbocycles. The van der Waals surface area contributed by atoms with Crippen molar-refractivity contribution in [3.8, 4) is 11.4 Å². The summed E-state index contributed by atoms with van der Waals surface area (Å²) in [6.45, 7) is 4.98. The van der Waals surface area contributed by atoms with E-state index in [4.69, 9.17) is 4.52 Å². The van der Waals surface area contributed by atoms with Gasteiger partial charge >= 0.3 is 0 Å². The molecule has 3 aromatic heterocycles. The summed E-state index contributed by atoms with van der Waals surface area (Å²) in [7, 11) is 0. The number of carbonyl (C=O) groups excluding carboxylic acids is 1. The fourth-order valence-corrected chi connectivity index (χ4v) is 3.78. The third kappa shape index (κ3) is 4.00. The predicted molar refractivity (Wildman–Crippen MR) is 104 cm³/mol. The summed E-state index contributed by atoms with van der Waals surface area (Å²) < 4.78 is 5.15. The molecular weight excluding hydrogens is 362 g/mol. The van der Waals surface area contributed by atoms with Crippen molar-refractivity contribution in [2.75, 3.05) is 31.1 Å². The number of piperazine rings is 1. The molecule has 4 heterocycles. The molecule has 0 spiro atoms. The van der Waals surface area contributed by atoms with Gasteiger partial charge in [0.25, 0.3) is 0 Å². The van der Waals surface area contributed by atoms with Crippen LogP contribution in [0.4, 0.5) is 5.82 Å². The number of pyridine rings is 1. The van der Waals surface area contributed by atoms with Gasteiger partial charge < -0.3 is 14.3 Å². The zero-order valence-corrected chi connectivity index (χ0v) is 16.0. The third-order valence-corrected chi connectivity index (χ3v) is 5.51. The van der Waals surface area contributed by atoms with E-state index in [9.17, 15) is 4.79 Å². The highest BCUT2D eigenvalue weighted by molar-refractivity contribution is 7.10. The van der Waals surface area contributed by atoms with E-state index in [-0.39, 0.29) is 5.91 Å². The van der Waals surface area contributed by atoms with Crippen molar-refractivity contribution >= 4 is 23.1 Å². The van der Waals surface area contributed by atoms with E-state index in [1.807, 2.05) is 41.5 Å². The van der Waals surface area contributed by atoms with Crippen molar-refractivity contribution in [3.63, 3.8) is 0 Å². The third-order valence-electron chi connectivity index (χ3n) is 4.64. The molecule has 27 heavy (non-hydrogen) atoms. The second kappa shape index (κ2) is 7.87. The molecule has 0 atom stereocenters. The minimum Gasteiger partial charge on any atom is -0.353 e. The van der Waals surface area contributed by atoms with Crippen molar-refractivity contribution < 1.29 is 9.32 Å². The van der Waals surface area contributed by atoms with Gasteiger partial charge in [-0.3, -0.25) is 4.79 Å². The molecule has 1 aliphatic heterocycles. The summed E-state index contributed by atoms with van der Waals surface area (Å²) >= 11 is 1.63. The Morgan fingerprint density at radius 1 is 1.22 bits per heavy atom. The predicted octanol–water partition coefficient (Wildman–Crippen LogP) is 2.65. The first-order chi connectivity index (χ1) is 13.2. The molecule has 0 N–H and O–H groups in total. The van der Waals surface area contributed by atoms with Gasteiger partial charge in [0, 0.05) is 49.2 Å². The standard InChI is InChI=1S/C19H21N5O2S/c1-2-17-21-19(22-26-17)14-5-6-16(20-13-14)23-7-9-24(10-8-23)18(25)12-15-4-3-11-27-15/h3-6,11,13H,2,7-10,12H2,1H3. The number of aryl methyl sites for hydroxylation is 1. The summed E-state index contributed by atoms with van der Waals surface area (Å²) in [4.78, 5) is 26.5. The van der Waals surface area contributed by atoms with E-state index in [1.165, 1.54) is 0 Å². The first-order valence-corrected chi connectivity index (χ1v) is 9.95. The number of hydrogen-bond acceptors (Lipinski definition) is 7. The maximum atomic E-state index is 12.4. The van der Waals surface area contributed by atoms with Crippen LogP contribution < -0.4 is 4.90 Å². The zero-order chi connectivity index (χ0) is 18.6. The highest BCUT2D eigenvalue weighted by atomic mass is 32.1. The lowest BCUT2D eigenvalue weighted by Gasteiger charge is -2.35. The smallest absolute Gasteiger partial charge is 0.227 e. The average molecular weight is 383 g/mol. The van der Waals surface area contributed by atoms with E-state index in [0.717, 1.165) is 42.4 Å². The average Bonchev–Trinajstić information content (AvgIpc) is 3.40. The number of amides is 1. The normalized spacial score (nSPS) is 14.6. The molecule has 1 amide bonds. The lowest BCUT2D eigenvalue weighted by Crippen LogP contribution is -2.49. The number of aromatic nitrogens is 3. The topological polar surface area (TPSA) is 75.4 Å². The van der Waals surface area contributed by atoms with Crippen LogP contribution >= 0.6 is 11.3 Å². The molecule has 140 valence electrons. The first kappa shape index (κ1) is 17.7. The molecular formula is C19H21N5O2S. The number of hydrogen-bond donors (Lipinski definition) is 0. The van der Waals surface area contributed by atoms with E-state index >= 15 is 0 Å². The van der Waals surface area contributed by atoms with E-state index < -0.39 is 0 Å². The largest absolute Gasteiger partial charge is 0.353 e. The number of rotatable bonds is 5. The van der Waals surface area contributed by atoms with E-state index in [0.29, 0.717) is 24.6 Å². The van der Waals surface area contributed by atoms with Crippen molar-refractivity contribution in [1.82, 2.24) is 20.0 Å². The van der Waals surface area contributed by atoms with Crippen molar-refractivity contribution in [1.29, 1.82) is 0 Å². The summed E-state index contributed by atoms with van der Waals surface area (Å²) in [6.07, 6.45) is 2.98. The summed E-state index contributed by atoms with van der Waals surface area (Å²) in [5, 5.41) is 5.98. The Morgan fingerprint density at radius 2 is 2.07 bits per heavy atom. The van der Waals surface area contributed by atoms with Gasteiger partial charge in [-0.05, 0) is 23.6 Å². The molecule has 8 heteroatoms. The van der Waals surface area contributed by atoms with Crippen LogP contribution in [0.3, 0.4) is 0 Å². The number of nitrogens with zero attached hydrogens (tertiary/aromatic N) is 5. The van der Waals surface area contributed by atoms with E-state index in [2.05, 4.69) is 20.0 Å². The molecule has 0 saturated carbocycles. The molecule has 3 aromatic rings. The Balaban J connectivity index is 1.34. The highest BCUT2D eigenvalue weighted by Gasteiger charge is 2.22. The Kier molecular flexibility index (Phi) is 5.15. The summed E-state index contributed by atoms with van der Waals surface area (Å²) in [5.41, 5.74) is 0.840. The summed E-state index contributed by atoms with van der Waals surface area (Å²) in [5.74, 6) is 2.29. The fraction of sp³-hybridized carbons (Fsp3) is 0.368. The van der Waals surface area contributed by atoms with Crippen LogP contribution in [-0.2, 0) is 17.6 Å². The van der Waals surface area contributed by atoms with Gasteiger partial charge in [-0.25, -0.2) is 4.98 Å². The first-order valence-electron chi connectivity index (χ1n) is 9.07. The Bertz CT molecular complexity index is 883. The molecule has 0 radical (unpaired) electrons. The molecule has 4 rings (SSSR count). The molecule has 1 aliphatic rings. The summed E-state index contributed by atoms with van der Waals surface area (Å²) in [6, 6.07) is 7.93. The molecule has 1 saturated heterocycles. The molecule has 0 unspecified atom stereocenters. The monoisotopic (exact) mass is 383 g/mol. The van der Waals surface area contributed by atoms with Gasteiger partial charge in [-0.2, -0.15) is 4.98 Å². The van der Waals surface area contributed by atoms with Gasteiger partial charge in [-0.15, -0.1) is 11.3 Å². The Labute approximate surface area is 161 Å². The fourth-order valence-electron chi connectivity index (χ4n) is 3.08. The lowest BCUT2D eigenvalue weighted by molar-refractivity contribution is -0.130. The second-order valence-corrected chi connectivity index (χ2v) is 7.43. The van der Waals surface area contributed by atoms with Gasteiger partial charge in [0.2, 0.25) is 17.6 Å². The molecule has 0 bridgehead atoms. The number of anilines is 1. The van der Waals surface area contributed by atoms with Gasteiger partial charge in [0.15, 0.2) is 0 Å². The molecule has 1 fully saturated rings. The second-order valence-electron chi connectivity index (χ2n) is 6.39. The maximum Gasteiger partial charge on any atom is 0.227 e. The minimum absolute atomic E-state index is 0.198. The van der Waals surface area contributed by atoms with Crippen LogP contribution in [0.15, 0.2) is 40.4 Å². The Hall–Kier alpha value is -2.74. The van der Waals surface area contributed by atoms with Crippen LogP contribution in [0.2, 0.25) is 0 Å². The maximum absolute atomic E-state index is 12.4. The van der Waals surface area contributed by atoms with Crippen LogP contribution in [0.5, 0.6) is 0 Å². The van der Waals surface area contributed by atoms with Crippen LogP contribution in [0, 0.1) is 0 Å². The lowest BCUT2D eigenvalue weighted by atomic mass is 10.2. The van der Waals surface area contributed by atoms with Crippen molar-refractivity contribution in [2.24, 2.45) is 0 Å². The van der Waals surface area contributed by atoms with Gasteiger partial charge in [0.1, 0.15) is 5.82 Å². The van der Waals surface area contributed by atoms with Gasteiger partial charge in [0.05, 0.1) is 6.42 Å². The highest BCUT2D eigenvalue weighted by Crippen LogP contribution is 2.20. The van der Waals surface area contributed by atoms with Crippen LogP contribution in [0.25, 0.3) is 11.4 Å².